The predicted molar refractivity (Wildman–Crippen MR) is 72.4 cm³/mol. The van der Waals surface area contributed by atoms with Crippen molar-refractivity contribution in [1.82, 2.24) is 0 Å². The van der Waals surface area contributed by atoms with Crippen LogP contribution < -0.4 is 83.1 Å². The van der Waals surface area contributed by atoms with Crippen molar-refractivity contribution in [3.05, 3.63) is 24.8 Å². The Balaban J connectivity index is 0.00000200. The van der Waals surface area contributed by atoms with Gasteiger partial charge in [-0.2, -0.15) is 0 Å². The first-order chi connectivity index (χ1) is 9.21. The third kappa shape index (κ3) is 5.79. The van der Waals surface area contributed by atoms with E-state index < -0.39 is 0 Å². The van der Waals surface area contributed by atoms with Gasteiger partial charge in [-0.25, -0.2) is 6.61 Å². The van der Waals surface area contributed by atoms with Crippen molar-refractivity contribution in [3.8, 4) is 17.2 Å². The summed E-state index contributed by atoms with van der Waals surface area (Å²) in [5.74, 6) is 2.63. The Hall–Kier alpha value is 0.632. The summed E-state index contributed by atoms with van der Waals surface area (Å²) in [7, 11) is 0. The molecule has 1 heterocycles. The molecular weight excluding hydrogens is 377 g/mol. The van der Waals surface area contributed by atoms with E-state index in [1.807, 2.05) is 38.7 Å². The minimum atomic E-state index is -0.221. The van der Waals surface area contributed by atoms with Crippen molar-refractivity contribution in [2.75, 3.05) is 13.2 Å². The Morgan fingerprint density at radius 1 is 1.10 bits per heavy atom. The van der Waals surface area contributed by atoms with Crippen molar-refractivity contribution < 1.29 is 87.8 Å². The van der Waals surface area contributed by atoms with E-state index in [4.69, 9.17) is 18.9 Å². The first-order valence-corrected chi connectivity index (χ1v) is 6.77. The minimum absolute atomic E-state index is 0. The second kappa shape index (κ2) is 9.61. The minimum Gasteiger partial charge on any atom is -0.520 e. The van der Waals surface area contributed by atoms with E-state index in [9.17, 15) is 0 Å². The van der Waals surface area contributed by atoms with Crippen LogP contribution in [0.4, 0.5) is 0 Å². The van der Waals surface area contributed by atoms with Gasteiger partial charge >= 0.3 is 68.9 Å². The molecule has 5 heteroatoms. The van der Waals surface area contributed by atoms with Gasteiger partial charge in [0, 0.05) is 18.2 Å². The molecule has 0 spiro atoms. The van der Waals surface area contributed by atoms with Crippen molar-refractivity contribution in [2.45, 2.75) is 33.5 Å². The second-order valence-electron chi connectivity index (χ2n) is 4.54. The molecule has 0 amide bonds. The van der Waals surface area contributed by atoms with E-state index in [0.717, 1.165) is 17.9 Å². The van der Waals surface area contributed by atoms with E-state index >= 15 is 0 Å². The summed E-state index contributed by atoms with van der Waals surface area (Å²) in [5.41, 5.74) is 0. The zero-order valence-electron chi connectivity index (χ0n) is 12.7. The smallest absolute Gasteiger partial charge is 0.520 e. The van der Waals surface area contributed by atoms with Gasteiger partial charge in [0.15, 0.2) is 6.29 Å². The van der Waals surface area contributed by atoms with Gasteiger partial charge in [0.05, 0.1) is 13.2 Å². The molecule has 1 fully saturated rings. The Morgan fingerprint density at radius 3 is 2.10 bits per heavy atom. The molecular formula is C15H21CsO4. The molecule has 106 valence electrons. The summed E-state index contributed by atoms with van der Waals surface area (Å²) >= 11 is 0. The molecule has 4 nitrogen and oxygen atoms in total. The number of rotatable bonds is 6. The van der Waals surface area contributed by atoms with Crippen LogP contribution in [0.2, 0.25) is 0 Å². The van der Waals surface area contributed by atoms with Crippen LogP contribution in [0.3, 0.4) is 0 Å². The summed E-state index contributed by atoms with van der Waals surface area (Å²) in [6.07, 6.45) is 0.643. The summed E-state index contributed by atoms with van der Waals surface area (Å²) in [5, 5.41) is 0. The first kappa shape index (κ1) is 18.7. The molecule has 1 aliphatic heterocycles. The zero-order valence-corrected chi connectivity index (χ0v) is 19.0. The van der Waals surface area contributed by atoms with Gasteiger partial charge < -0.3 is 18.9 Å². The van der Waals surface area contributed by atoms with Gasteiger partial charge in [0.2, 0.25) is 0 Å². The largest absolute Gasteiger partial charge is 1.00 e. The van der Waals surface area contributed by atoms with Crippen molar-refractivity contribution >= 4 is 0 Å². The van der Waals surface area contributed by atoms with Gasteiger partial charge in [0.1, 0.15) is 17.2 Å². The van der Waals surface area contributed by atoms with Crippen LogP contribution in [0.25, 0.3) is 0 Å². The zero-order chi connectivity index (χ0) is 13.7. The van der Waals surface area contributed by atoms with Crippen LogP contribution in [0.1, 0.15) is 27.2 Å². The van der Waals surface area contributed by atoms with Crippen LogP contribution >= 0.6 is 0 Å². The maximum absolute atomic E-state index is 5.81. The average Bonchev–Trinajstić information content (AvgIpc) is 2.75. The number of hydrogen-bond acceptors (Lipinski definition) is 4. The molecule has 0 radical (unpaired) electrons. The summed E-state index contributed by atoms with van der Waals surface area (Å²) in [4.78, 5) is 0. The maximum Gasteiger partial charge on any atom is 1.00 e. The van der Waals surface area contributed by atoms with Crippen molar-refractivity contribution in [1.29, 1.82) is 0 Å². The molecule has 1 aromatic rings. The molecule has 1 aliphatic rings. The third-order valence-corrected chi connectivity index (χ3v) is 2.77. The number of hydrogen-bond donors (Lipinski definition) is 0. The molecule has 0 bridgehead atoms. The fourth-order valence-electron chi connectivity index (χ4n) is 1.98. The molecule has 1 aromatic carbocycles. The van der Waals surface area contributed by atoms with E-state index in [1.165, 1.54) is 0 Å². The van der Waals surface area contributed by atoms with Crippen LogP contribution in [-0.2, 0) is 4.74 Å². The molecule has 0 aromatic heterocycles. The van der Waals surface area contributed by atoms with Gasteiger partial charge in [-0.15, -0.1) is 5.92 Å². The maximum atomic E-state index is 5.81. The topological polar surface area (TPSA) is 36.9 Å². The van der Waals surface area contributed by atoms with E-state index in [-0.39, 0.29) is 75.2 Å². The van der Waals surface area contributed by atoms with Gasteiger partial charge in [-0.05, 0) is 20.3 Å². The van der Waals surface area contributed by atoms with Crippen molar-refractivity contribution in [2.24, 2.45) is 5.92 Å². The molecule has 1 saturated heterocycles. The van der Waals surface area contributed by atoms with Crippen LogP contribution in [-0.4, -0.2) is 19.5 Å². The summed E-state index contributed by atoms with van der Waals surface area (Å²) < 4.78 is 22.3. The monoisotopic (exact) mass is 398 g/mol. The van der Waals surface area contributed by atoms with E-state index in [1.54, 1.807) is 0 Å². The van der Waals surface area contributed by atoms with Gasteiger partial charge in [0.25, 0.3) is 0 Å². The Bertz CT molecular complexity index is 387. The quantitative estimate of drug-likeness (QED) is 0.651. The van der Waals surface area contributed by atoms with Crippen LogP contribution in [0, 0.1) is 12.5 Å². The molecule has 2 atom stereocenters. The number of benzene rings is 1. The summed E-state index contributed by atoms with van der Waals surface area (Å²) in [6, 6.07) is 5.58. The Labute approximate surface area is 179 Å². The Kier molecular flexibility index (Phi) is 8.97. The van der Waals surface area contributed by atoms with E-state index in [2.05, 4.69) is 6.92 Å². The molecule has 0 N–H and O–H groups in total. The van der Waals surface area contributed by atoms with Crippen molar-refractivity contribution in [3.63, 3.8) is 0 Å². The molecule has 20 heavy (non-hydrogen) atoms. The normalized spacial score (nSPS) is 21.1. The molecule has 2 rings (SSSR count). The number of ether oxygens (including phenoxy) is 4. The Morgan fingerprint density at radius 2 is 1.65 bits per heavy atom. The molecule has 0 aliphatic carbocycles. The average molecular weight is 398 g/mol. The molecule has 1 unspecified atom stereocenters. The third-order valence-electron chi connectivity index (χ3n) is 2.77. The first-order valence-electron chi connectivity index (χ1n) is 6.77. The van der Waals surface area contributed by atoms with Crippen LogP contribution in [0.5, 0.6) is 17.2 Å². The SMILES string of the molecule is CCOc1cc(OCC)cc(OC2C[C@@H](C)[CH-]O2)c1.[Cs+]. The second-order valence-corrected chi connectivity index (χ2v) is 4.54. The summed E-state index contributed by atoms with van der Waals surface area (Å²) in [6.45, 7) is 9.04. The molecule has 0 saturated carbocycles. The van der Waals surface area contributed by atoms with Crippen LogP contribution in [0.15, 0.2) is 18.2 Å². The van der Waals surface area contributed by atoms with E-state index in [0.29, 0.717) is 24.9 Å². The fraction of sp³-hybridized carbons (Fsp3) is 0.533. The fourth-order valence-corrected chi connectivity index (χ4v) is 1.98. The van der Waals surface area contributed by atoms with Gasteiger partial charge in [-0.3, -0.25) is 0 Å². The standard InChI is InChI=1S/C15H21O4.Cs/c1-4-16-12-7-13(17-5-2)9-14(8-12)19-15-6-11(3)10-18-15;/h7-11,15H,4-6H2,1-3H3;/q-1;+1/t11-,15?;/m1./s1. The predicted octanol–water partition coefficient (Wildman–Crippen LogP) is 0.411. The van der Waals surface area contributed by atoms with Gasteiger partial charge in [-0.1, -0.05) is 6.92 Å².